The zero-order chi connectivity index (χ0) is 21.4. The molecule has 11 heteroatoms. The van der Waals surface area contributed by atoms with Gasteiger partial charge in [-0.15, -0.1) is 0 Å². The van der Waals surface area contributed by atoms with Crippen molar-refractivity contribution in [3.05, 3.63) is 58.9 Å². The number of allylic oxidation sites excluding steroid dienone is 2. The maximum absolute atomic E-state index is 12.2. The number of rotatable bonds is 6. The van der Waals surface area contributed by atoms with E-state index in [9.17, 15) is 26.7 Å². The zero-order valence-electron chi connectivity index (χ0n) is 16.1. The fraction of sp³-hybridized carbons (Fsp3) is 0.389. The Morgan fingerprint density at radius 2 is 1.90 bits per heavy atom. The van der Waals surface area contributed by atoms with Gasteiger partial charge in [0.2, 0.25) is 15.9 Å². The second kappa shape index (κ2) is 7.90. The van der Waals surface area contributed by atoms with Crippen molar-refractivity contribution < 1.29 is 26.7 Å². The normalized spacial score (nSPS) is 22.3. The first-order chi connectivity index (χ1) is 13.5. The highest BCUT2D eigenvalue weighted by Gasteiger charge is 2.41. The largest absolute Gasteiger partial charge is 0.511 e. The lowest BCUT2D eigenvalue weighted by atomic mass is 9.94. The van der Waals surface area contributed by atoms with E-state index in [2.05, 4.69) is 0 Å². The van der Waals surface area contributed by atoms with E-state index in [1.54, 1.807) is 18.2 Å². The van der Waals surface area contributed by atoms with E-state index in [4.69, 9.17) is 0 Å². The highest BCUT2D eigenvalue weighted by Crippen LogP contribution is 2.27. The van der Waals surface area contributed by atoms with Crippen LogP contribution in [0.25, 0.3) is 0 Å². The predicted molar refractivity (Wildman–Crippen MR) is 107 cm³/mol. The Balaban J connectivity index is 1.78. The molecule has 1 aromatic rings. The lowest BCUT2D eigenvalue weighted by Crippen LogP contribution is -2.40. The number of aliphatic hydroxyl groups is 1. The topological polar surface area (TPSA) is 124 Å². The lowest BCUT2D eigenvalue weighted by Gasteiger charge is -2.26. The smallest absolute Gasteiger partial charge is 0.305 e. The Morgan fingerprint density at radius 1 is 1.24 bits per heavy atom. The van der Waals surface area contributed by atoms with E-state index in [1.807, 2.05) is 16.9 Å². The molecule has 1 unspecified atom stereocenters. The van der Waals surface area contributed by atoms with Gasteiger partial charge in [-0.2, -0.15) is 12.7 Å². The molecule has 1 atom stereocenters. The molecule has 1 aliphatic heterocycles. The van der Waals surface area contributed by atoms with Crippen LogP contribution in [0.4, 0.5) is 0 Å². The fourth-order valence-electron chi connectivity index (χ4n) is 3.27. The van der Waals surface area contributed by atoms with Gasteiger partial charge in [-0.25, -0.2) is 17.4 Å². The van der Waals surface area contributed by atoms with Crippen molar-refractivity contribution in [3.8, 4) is 0 Å². The van der Waals surface area contributed by atoms with Crippen LogP contribution >= 0.6 is 0 Å². The van der Waals surface area contributed by atoms with E-state index < -0.39 is 32.2 Å². The number of aliphatic hydroxyl groups excluding tert-OH is 1. The highest BCUT2D eigenvalue weighted by atomic mass is 32.2. The molecule has 1 aliphatic carbocycles. The van der Waals surface area contributed by atoms with Gasteiger partial charge in [0, 0.05) is 14.1 Å². The molecule has 1 aromatic carbocycles. The molecule has 1 heterocycles. The Labute approximate surface area is 170 Å². The van der Waals surface area contributed by atoms with E-state index in [0.717, 1.165) is 15.4 Å². The first kappa shape index (κ1) is 21.5. The number of amides is 1. The van der Waals surface area contributed by atoms with E-state index in [0.29, 0.717) is 12.0 Å². The summed E-state index contributed by atoms with van der Waals surface area (Å²) in [5, 5.41) is 10.4. The molecule has 0 bridgehead atoms. The summed E-state index contributed by atoms with van der Waals surface area (Å²) in [6, 6.07) is 6.31. The Kier molecular flexibility index (Phi) is 5.86. The van der Waals surface area contributed by atoms with Crippen LogP contribution in [-0.4, -0.2) is 63.1 Å². The molecule has 1 saturated heterocycles. The fourth-order valence-corrected chi connectivity index (χ4v) is 5.49. The monoisotopic (exact) mass is 441 g/mol. The number of sulfonamides is 1. The summed E-state index contributed by atoms with van der Waals surface area (Å²) in [5.74, 6) is -0.925. The van der Waals surface area contributed by atoms with Gasteiger partial charge in [-0.3, -0.25) is 4.79 Å². The molecular weight excluding hydrogens is 418 g/mol. The average Bonchev–Trinajstić information content (AvgIpc) is 2.88. The number of nitrogens with one attached hydrogen (secondary N) is 1. The number of nitrogens with zero attached hydrogens (tertiary/aromatic N) is 2. The third kappa shape index (κ3) is 4.69. The summed E-state index contributed by atoms with van der Waals surface area (Å²) in [7, 11) is -4.41. The molecule has 2 N–H and O–H groups in total. The van der Waals surface area contributed by atoms with Gasteiger partial charge in [0.1, 0.15) is 5.76 Å². The third-order valence-electron chi connectivity index (χ3n) is 4.88. The molecule has 0 radical (unpaired) electrons. The molecular formula is C18H23N3O6S2. The summed E-state index contributed by atoms with van der Waals surface area (Å²) < 4.78 is 52.5. The van der Waals surface area contributed by atoms with Crippen LogP contribution in [0.1, 0.15) is 17.5 Å². The summed E-state index contributed by atoms with van der Waals surface area (Å²) in [5.41, 5.74) is 2.20. The highest BCUT2D eigenvalue weighted by molar-refractivity contribution is 7.88. The molecule has 2 aliphatic rings. The zero-order valence-corrected chi connectivity index (χ0v) is 17.7. The molecule has 158 valence electrons. The van der Waals surface area contributed by atoms with Crippen LogP contribution in [0, 0.1) is 0 Å². The van der Waals surface area contributed by atoms with Crippen molar-refractivity contribution >= 4 is 26.1 Å². The molecule has 1 amide bonds. The third-order valence-corrected chi connectivity index (χ3v) is 8.16. The van der Waals surface area contributed by atoms with Crippen LogP contribution in [-0.2, 0) is 37.2 Å². The van der Waals surface area contributed by atoms with Crippen LogP contribution in [0.2, 0.25) is 0 Å². The van der Waals surface area contributed by atoms with Crippen molar-refractivity contribution in [2.24, 2.45) is 0 Å². The first-order valence-corrected chi connectivity index (χ1v) is 11.9. The summed E-state index contributed by atoms with van der Waals surface area (Å²) in [4.78, 5) is 11.4. The summed E-state index contributed by atoms with van der Waals surface area (Å²) in [6.07, 6.45) is 3.87. The molecule has 0 saturated carbocycles. The van der Waals surface area contributed by atoms with Gasteiger partial charge in [0.25, 0.3) is 0 Å². The van der Waals surface area contributed by atoms with Gasteiger partial charge < -0.3 is 5.11 Å². The molecule has 9 nitrogen and oxygen atoms in total. The van der Waals surface area contributed by atoms with Crippen molar-refractivity contribution in [1.82, 2.24) is 13.3 Å². The minimum absolute atomic E-state index is 0.137. The van der Waals surface area contributed by atoms with Gasteiger partial charge in [0.05, 0.1) is 18.3 Å². The predicted octanol–water partition coefficient (Wildman–Crippen LogP) is 0.438. The van der Waals surface area contributed by atoms with Gasteiger partial charge >= 0.3 is 10.2 Å². The van der Waals surface area contributed by atoms with Crippen LogP contribution < -0.4 is 4.72 Å². The molecule has 29 heavy (non-hydrogen) atoms. The maximum atomic E-state index is 12.2. The Morgan fingerprint density at radius 3 is 2.45 bits per heavy atom. The Bertz CT molecular complexity index is 1090. The van der Waals surface area contributed by atoms with E-state index >= 15 is 0 Å². The number of hydrogen-bond donors (Lipinski definition) is 2. The average molecular weight is 442 g/mol. The summed E-state index contributed by atoms with van der Waals surface area (Å²) in [6.45, 7) is -0.334. The van der Waals surface area contributed by atoms with Crippen LogP contribution in [0.3, 0.4) is 0 Å². The molecule has 0 aromatic heterocycles. The molecule has 3 rings (SSSR count). The van der Waals surface area contributed by atoms with E-state index in [-0.39, 0.29) is 24.5 Å². The quantitative estimate of drug-likeness (QED) is 0.660. The Hall–Kier alpha value is -2.21. The minimum atomic E-state index is -3.95. The van der Waals surface area contributed by atoms with E-state index in [1.165, 1.54) is 24.5 Å². The van der Waals surface area contributed by atoms with Crippen molar-refractivity contribution in [1.29, 1.82) is 0 Å². The molecule has 1 fully saturated rings. The number of hydrogen-bond acceptors (Lipinski definition) is 6. The number of carbonyl (C=O) groups excluding carboxylic acids is 1. The van der Waals surface area contributed by atoms with Crippen molar-refractivity contribution in [3.63, 3.8) is 0 Å². The minimum Gasteiger partial charge on any atom is -0.511 e. The number of benzene rings is 1. The van der Waals surface area contributed by atoms with Crippen LogP contribution in [0.15, 0.2) is 47.7 Å². The number of carbonyl (C=O) groups is 1. The molecule has 0 spiro atoms. The standard InChI is InChI=1S/C18H23N3O6S2/c1-20(2)28(24,25)12-15-6-4-3-5-14(15)9-13-7-8-16(17(22)10-13)21-11-18(23)19-29(21,26)27/h3-7,10,16,22H,8-9,11-12H2,1-2H3,(H,19,23). The van der Waals surface area contributed by atoms with Gasteiger partial charge in [0.15, 0.2) is 0 Å². The first-order valence-electron chi connectivity index (χ1n) is 8.88. The maximum Gasteiger partial charge on any atom is 0.305 e. The lowest BCUT2D eigenvalue weighted by molar-refractivity contribution is -0.118. The van der Waals surface area contributed by atoms with Gasteiger partial charge in [-0.1, -0.05) is 30.3 Å². The second-order valence-electron chi connectivity index (χ2n) is 7.16. The summed E-state index contributed by atoms with van der Waals surface area (Å²) >= 11 is 0. The SMILES string of the molecule is CN(C)S(=O)(=O)Cc1ccccc1CC1=CCC(N2CC(=O)NS2(=O)=O)C(O)=C1. The van der Waals surface area contributed by atoms with Crippen molar-refractivity contribution in [2.75, 3.05) is 20.6 Å². The van der Waals surface area contributed by atoms with Gasteiger partial charge in [-0.05, 0) is 35.6 Å². The van der Waals surface area contributed by atoms with Crippen molar-refractivity contribution in [2.45, 2.75) is 24.6 Å². The second-order valence-corrected chi connectivity index (χ2v) is 11.0. The van der Waals surface area contributed by atoms with Crippen LogP contribution in [0.5, 0.6) is 0 Å².